The Morgan fingerprint density at radius 3 is 1.85 bits per heavy atom. The van der Waals surface area contributed by atoms with E-state index in [1.807, 2.05) is 0 Å². The molecular weight excluding hydrogens is 372 g/mol. The molecule has 0 aromatic heterocycles. The van der Waals surface area contributed by atoms with Crippen molar-refractivity contribution in [3.8, 4) is 0 Å². The number of benzene rings is 2. The van der Waals surface area contributed by atoms with Crippen molar-refractivity contribution < 1.29 is 21.6 Å². The minimum atomic E-state index is -3.92. The molecule has 5 nitrogen and oxygen atoms in total. The van der Waals surface area contributed by atoms with Gasteiger partial charge in [-0.3, -0.25) is 0 Å². The number of hydrogen-bond acceptors (Lipinski definition) is 5. The van der Waals surface area contributed by atoms with Crippen molar-refractivity contribution in [2.75, 3.05) is 0 Å². The van der Waals surface area contributed by atoms with Gasteiger partial charge >= 0.3 is 0 Å². The average Bonchev–Trinajstić information content (AvgIpc) is 3.17. The summed E-state index contributed by atoms with van der Waals surface area (Å²) < 4.78 is 59.1. The molecule has 1 saturated heterocycles. The van der Waals surface area contributed by atoms with Crippen molar-refractivity contribution in [1.82, 2.24) is 0 Å². The van der Waals surface area contributed by atoms with Crippen LogP contribution in [0.3, 0.4) is 0 Å². The normalized spacial score (nSPS) is 30.6. The first kappa shape index (κ1) is 17.5. The molecular formula is C19H18O5S2. The van der Waals surface area contributed by atoms with Crippen molar-refractivity contribution in [2.45, 2.75) is 38.9 Å². The van der Waals surface area contributed by atoms with Crippen molar-refractivity contribution >= 4 is 19.7 Å². The van der Waals surface area contributed by atoms with Crippen LogP contribution in [0.1, 0.15) is 6.92 Å². The Labute approximate surface area is 153 Å². The van der Waals surface area contributed by atoms with Crippen LogP contribution in [0.2, 0.25) is 0 Å². The summed E-state index contributed by atoms with van der Waals surface area (Å²) in [5, 5.41) is -2.40. The number of rotatable bonds is 4. The molecule has 2 aromatic carbocycles. The molecule has 4 atom stereocenters. The van der Waals surface area contributed by atoms with Crippen LogP contribution < -0.4 is 0 Å². The molecule has 26 heavy (non-hydrogen) atoms. The Morgan fingerprint density at radius 2 is 1.31 bits per heavy atom. The third kappa shape index (κ3) is 2.46. The maximum atomic E-state index is 13.3. The first-order chi connectivity index (χ1) is 12.3. The van der Waals surface area contributed by atoms with Crippen LogP contribution >= 0.6 is 0 Å². The third-order valence-electron chi connectivity index (χ3n) is 5.03. The van der Waals surface area contributed by atoms with Gasteiger partial charge in [0.25, 0.3) is 0 Å². The van der Waals surface area contributed by atoms with Crippen LogP contribution in [0.25, 0.3) is 0 Å². The van der Waals surface area contributed by atoms with Gasteiger partial charge in [-0.1, -0.05) is 48.6 Å². The lowest BCUT2D eigenvalue weighted by Crippen LogP contribution is -2.50. The first-order valence-electron chi connectivity index (χ1n) is 8.22. The summed E-state index contributed by atoms with van der Waals surface area (Å²) in [6, 6.07) is 15.9. The highest BCUT2D eigenvalue weighted by molar-refractivity contribution is 7.96. The summed E-state index contributed by atoms with van der Waals surface area (Å²) in [5.74, 6) is 0. The first-order valence-corrected chi connectivity index (χ1v) is 11.3. The number of ether oxygens (including phenoxy) is 1. The molecule has 0 saturated carbocycles. The Morgan fingerprint density at radius 1 is 0.808 bits per heavy atom. The van der Waals surface area contributed by atoms with Gasteiger partial charge in [-0.15, -0.1) is 0 Å². The van der Waals surface area contributed by atoms with E-state index < -0.39 is 41.9 Å². The minimum Gasteiger partial charge on any atom is -0.361 e. The second-order valence-electron chi connectivity index (χ2n) is 6.73. The SMILES string of the molecule is C[C@@]12C=C[C@@H](O1)[C@@H](S(=O)(=O)c1ccccc1)[C@@H]2S(=O)(=O)c1ccccc1. The highest BCUT2D eigenvalue weighted by Crippen LogP contribution is 2.47. The monoisotopic (exact) mass is 390 g/mol. The molecule has 1 fully saturated rings. The smallest absolute Gasteiger partial charge is 0.185 e. The average molecular weight is 390 g/mol. The zero-order valence-electron chi connectivity index (χ0n) is 14.0. The molecule has 0 unspecified atom stereocenters. The zero-order valence-corrected chi connectivity index (χ0v) is 15.7. The highest BCUT2D eigenvalue weighted by Gasteiger charge is 2.64. The number of fused-ring (bicyclic) bond motifs is 2. The molecule has 0 N–H and O–H groups in total. The Bertz CT molecular complexity index is 1060. The molecule has 0 spiro atoms. The van der Waals surface area contributed by atoms with E-state index >= 15 is 0 Å². The zero-order chi connectivity index (χ0) is 18.6. The van der Waals surface area contributed by atoms with Crippen LogP contribution in [0.5, 0.6) is 0 Å². The molecule has 2 heterocycles. The van der Waals surface area contributed by atoms with Gasteiger partial charge in [-0.25, -0.2) is 16.8 Å². The van der Waals surface area contributed by atoms with E-state index in [-0.39, 0.29) is 9.79 Å². The summed E-state index contributed by atoms with van der Waals surface area (Å²) in [5.41, 5.74) is -1.17. The van der Waals surface area contributed by atoms with E-state index in [1.54, 1.807) is 55.5 Å². The van der Waals surface area contributed by atoms with E-state index in [9.17, 15) is 16.8 Å². The van der Waals surface area contributed by atoms with Crippen molar-refractivity contribution in [3.05, 3.63) is 72.8 Å². The van der Waals surface area contributed by atoms with E-state index in [4.69, 9.17) is 4.74 Å². The second kappa shape index (κ2) is 5.77. The van der Waals surface area contributed by atoms with E-state index in [1.165, 1.54) is 24.3 Å². The molecule has 2 aromatic rings. The second-order valence-corrected chi connectivity index (χ2v) is 10.9. The quantitative estimate of drug-likeness (QED) is 0.749. The maximum absolute atomic E-state index is 13.3. The molecule has 2 aliphatic heterocycles. The lowest BCUT2D eigenvalue weighted by atomic mass is 9.96. The summed E-state index contributed by atoms with van der Waals surface area (Å²) in [7, 11) is -7.83. The molecule has 4 rings (SSSR count). The molecule has 2 bridgehead atoms. The molecule has 7 heteroatoms. The molecule has 2 aliphatic rings. The van der Waals surface area contributed by atoms with Crippen LogP contribution in [0, 0.1) is 0 Å². The van der Waals surface area contributed by atoms with Crippen molar-refractivity contribution in [2.24, 2.45) is 0 Å². The number of sulfone groups is 2. The van der Waals surface area contributed by atoms with E-state index in [0.717, 1.165) is 0 Å². The number of hydrogen-bond donors (Lipinski definition) is 0. The van der Waals surface area contributed by atoms with Crippen LogP contribution in [-0.4, -0.2) is 39.0 Å². The predicted molar refractivity (Wildman–Crippen MR) is 97.2 cm³/mol. The largest absolute Gasteiger partial charge is 0.361 e. The van der Waals surface area contributed by atoms with Gasteiger partial charge in [-0.2, -0.15) is 0 Å². The predicted octanol–water partition coefficient (Wildman–Crippen LogP) is 2.40. The van der Waals surface area contributed by atoms with Gasteiger partial charge in [0.1, 0.15) is 16.1 Å². The highest BCUT2D eigenvalue weighted by atomic mass is 32.2. The van der Waals surface area contributed by atoms with Gasteiger partial charge < -0.3 is 4.74 Å². The maximum Gasteiger partial charge on any atom is 0.185 e. The molecule has 136 valence electrons. The van der Waals surface area contributed by atoms with Crippen LogP contribution in [0.15, 0.2) is 82.6 Å². The Balaban J connectivity index is 1.89. The lowest BCUT2D eigenvalue weighted by Gasteiger charge is -2.30. The van der Waals surface area contributed by atoms with Gasteiger partial charge in [0, 0.05) is 0 Å². The Hall–Kier alpha value is -1.96. The summed E-state index contributed by atoms with van der Waals surface area (Å²) in [6.45, 7) is 1.63. The fourth-order valence-electron chi connectivity index (χ4n) is 3.84. The Kier molecular flexibility index (Phi) is 3.87. The van der Waals surface area contributed by atoms with Crippen molar-refractivity contribution in [3.63, 3.8) is 0 Å². The van der Waals surface area contributed by atoms with Crippen molar-refractivity contribution in [1.29, 1.82) is 0 Å². The van der Waals surface area contributed by atoms with Gasteiger partial charge in [-0.05, 0) is 31.2 Å². The fraction of sp³-hybridized carbons (Fsp3) is 0.263. The minimum absolute atomic E-state index is 0.101. The topological polar surface area (TPSA) is 77.5 Å². The molecule has 0 amide bonds. The molecule has 0 aliphatic carbocycles. The summed E-state index contributed by atoms with van der Waals surface area (Å²) in [4.78, 5) is 0.204. The van der Waals surface area contributed by atoms with Crippen LogP contribution in [0.4, 0.5) is 0 Å². The fourth-order valence-corrected chi connectivity index (χ4v) is 8.75. The third-order valence-corrected chi connectivity index (χ3v) is 9.75. The van der Waals surface area contributed by atoms with Gasteiger partial charge in [0.15, 0.2) is 19.7 Å². The van der Waals surface area contributed by atoms with E-state index in [2.05, 4.69) is 0 Å². The lowest BCUT2D eigenvalue weighted by molar-refractivity contribution is 0.0481. The standard InChI is InChI=1S/C19H18O5S2/c1-19-13-12-16(24-19)17(25(20,21)14-8-4-2-5-9-14)18(19)26(22,23)15-10-6-3-7-11-15/h2-13,16-18H,1H3/t16-,17-,18+,19+/m1/s1. The van der Waals surface area contributed by atoms with Gasteiger partial charge in [0.05, 0.1) is 15.9 Å². The van der Waals surface area contributed by atoms with E-state index in [0.29, 0.717) is 0 Å². The molecule has 0 radical (unpaired) electrons. The summed E-state index contributed by atoms with van der Waals surface area (Å²) in [6.07, 6.45) is 2.54. The van der Waals surface area contributed by atoms with Crippen LogP contribution in [-0.2, 0) is 24.4 Å². The summed E-state index contributed by atoms with van der Waals surface area (Å²) >= 11 is 0. The van der Waals surface area contributed by atoms with Gasteiger partial charge in [0.2, 0.25) is 0 Å².